The van der Waals surface area contributed by atoms with Crippen molar-refractivity contribution in [3.63, 3.8) is 0 Å². The van der Waals surface area contributed by atoms with E-state index in [0.29, 0.717) is 5.56 Å². The van der Waals surface area contributed by atoms with Crippen LogP contribution in [0.3, 0.4) is 0 Å². The Morgan fingerprint density at radius 2 is 1.73 bits per heavy atom. The van der Waals surface area contributed by atoms with E-state index in [1.54, 1.807) is 0 Å². The topological polar surface area (TPSA) is 69.7 Å². The standard InChI is InChI=1S/C17H22O5/c1-5-6-7-11(2)17(20)15-9-8-14(21-12(3)18)10-16(15)22-13(4)19/h8-11H,5-7H2,1-4H3. The third-order valence-electron chi connectivity index (χ3n) is 3.17. The van der Waals surface area contributed by atoms with E-state index in [9.17, 15) is 14.4 Å². The van der Waals surface area contributed by atoms with Crippen LogP contribution in [-0.2, 0) is 9.59 Å². The van der Waals surface area contributed by atoms with Gasteiger partial charge in [-0.15, -0.1) is 0 Å². The Bertz CT molecular complexity index is 562. The lowest BCUT2D eigenvalue weighted by atomic mass is 9.94. The Hall–Kier alpha value is -2.17. The van der Waals surface area contributed by atoms with Crippen LogP contribution in [0.15, 0.2) is 18.2 Å². The highest BCUT2D eigenvalue weighted by Gasteiger charge is 2.20. The van der Waals surface area contributed by atoms with E-state index in [4.69, 9.17) is 9.47 Å². The van der Waals surface area contributed by atoms with Crippen molar-refractivity contribution in [3.8, 4) is 11.5 Å². The molecule has 5 nitrogen and oxygen atoms in total. The number of Topliss-reactive ketones (excluding diaryl/α,β-unsaturated/α-hetero) is 1. The minimum Gasteiger partial charge on any atom is -0.427 e. The van der Waals surface area contributed by atoms with Gasteiger partial charge in [-0.1, -0.05) is 26.7 Å². The summed E-state index contributed by atoms with van der Waals surface area (Å²) in [6, 6.07) is 4.44. The molecule has 1 atom stereocenters. The second-order valence-electron chi connectivity index (χ2n) is 5.25. The second kappa shape index (κ2) is 8.32. The van der Waals surface area contributed by atoms with E-state index in [1.165, 1.54) is 32.0 Å². The highest BCUT2D eigenvalue weighted by atomic mass is 16.5. The summed E-state index contributed by atoms with van der Waals surface area (Å²) in [5.74, 6) is -0.895. The maximum atomic E-state index is 12.5. The summed E-state index contributed by atoms with van der Waals surface area (Å²) in [4.78, 5) is 34.7. The molecule has 0 spiro atoms. The number of rotatable bonds is 7. The molecule has 22 heavy (non-hydrogen) atoms. The van der Waals surface area contributed by atoms with Gasteiger partial charge in [-0.05, 0) is 18.6 Å². The van der Waals surface area contributed by atoms with E-state index < -0.39 is 11.9 Å². The highest BCUT2D eigenvalue weighted by Crippen LogP contribution is 2.28. The van der Waals surface area contributed by atoms with Crippen molar-refractivity contribution in [2.24, 2.45) is 5.92 Å². The van der Waals surface area contributed by atoms with E-state index in [1.807, 2.05) is 6.92 Å². The van der Waals surface area contributed by atoms with Gasteiger partial charge >= 0.3 is 11.9 Å². The van der Waals surface area contributed by atoms with Gasteiger partial charge < -0.3 is 9.47 Å². The number of esters is 2. The molecule has 1 rings (SSSR count). The molecule has 0 aliphatic heterocycles. The summed E-state index contributed by atoms with van der Waals surface area (Å²) in [6.07, 6.45) is 2.75. The normalized spacial score (nSPS) is 11.6. The molecule has 0 aliphatic rings. The fraction of sp³-hybridized carbons (Fsp3) is 0.471. The van der Waals surface area contributed by atoms with Crippen molar-refractivity contribution in [3.05, 3.63) is 23.8 Å². The molecular formula is C17H22O5. The van der Waals surface area contributed by atoms with Crippen LogP contribution in [0, 0.1) is 5.92 Å². The fourth-order valence-electron chi connectivity index (χ4n) is 2.08. The number of benzene rings is 1. The Kier molecular flexibility index (Phi) is 6.76. The van der Waals surface area contributed by atoms with Gasteiger partial charge in [-0.2, -0.15) is 0 Å². The van der Waals surface area contributed by atoms with Crippen LogP contribution in [0.4, 0.5) is 0 Å². The van der Waals surface area contributed by atoms with E-state index in [2.05, 4.69) is 6.92 Å². The Labute approximate surface area is 130 Å². The van der Waals surface area contributed by atoms with Gasteiger partial charge in [0.15, 0.2) is 5.78 Å². The average Bonchev–Trinajstić information content (AvgIpc) is 2.43. The molecule has 0 heterocycles. The first-order valence-corrected chi connectivity index (χ1v) is 7.40. The summed E-state index contributed by atoms with van der Waals surface area (Å²) in [7, 11) is 0. The minimum absolute atomic E-state index is 0.0842. The molecule has 0 bridgehead atoms. The summed E-state index contributed by atoms with van der Waals surface area (Å²) < 4.78 is 10.0. The van der Waals surface area contributed by atoms with Crippen molar-refractivity contribution in [1.29, 1.82) is 0 Å². The van der Waals surface area contributed by atoms with Crippen molar-refractivity contribution in [2.45, 2.75) is 47.0 Å². The molecule has 0 amide bonds. The highest BCUT2D eigenvalue weighted by molar-refractivity contribution is 6.00. The molecule has 0 radical (unpaired) electrons. The van der Waals surface area contributed by atoms with Gasteiger partial charge in [0.25, 0.3) is 0 Å². The number of ether oxygens (including phenoxy) is 2. The molecule has 0 fully saturated rings. The summed E-state index contributed by atoms with van der Waals surface area (Å²) in [5, 5.41) is 0. The molecule has 0 N–H and O–H groups in total. The largest absolute Gasteiger partial charge is 0.427 e. The predicted molar refractivity (Wildman–Crippen MR) is 82.1 cm³/mol. The number of hydrogen-bond acceptors (Lipinski definition) is 5. The monoisotopic (exact) mass is 306 g/mol. The quantitative estimate of drug-likeness (QED) is 0.438. The van der Waals surface area contributed by atoms with Crippen molar-refractivity contribution in [2.75, 3.05) is 0 Å². The maximum absolute atomic E-state index is 12.5. The van der Waals surface area contributed by atoms with Crippen LogP contribution in [0.1, 0.15) is 57.3 Å². The SMILES string of the molecule is CCCCC(C)C(=O)c1ccc(OC(C)=O)cc1OC(C)=O. The first-order chi connectivity index (χ1) is 10.3. The average molecular weight is 306 g/mol. The molecule has 0 saturated carbocycles. The van der Waals surface area contributed by atoms with Crippen molar-refractivity contribution in [1.82, 2.24) is 0 Å². The van der Waals surface area contributed by atoms with Crippen LogP contribution in [0.5, 0.6) is 11.5 Å². The van der Waals surface area contributed by atoms with Crippen LogP contribution < -0.4 is 9.47 Å². The molecule has 5 heteroatoms. The lowest BCUT2D eigenvalue weighted by Gasteiger charge is -2.14. The number of ketones is 1. The summed E-state index contributed by atoms with van der Waals surface area (Å²) in [5.41, 5.74) is 0.328. The lowest BCUT2D eigenvalue weighted by Crippen LogP contribution is -2.14. The molecule has 0 aromatic heterocycles. The summed E-state index contributed by atoms with van der Waals surface area (Å²) in [6.45, 7) is 6.45. The first-order valence-electron chi connectivity index (χ1n) is 7.40. The van der Waals surface area contributed by atoms with E-state index in [-0.39, 0.29) is 23.2 Å². The Morgan fingerprint density at radius 1 is 1.09 bits per heavy atom. The molecule has 0 aliphatic carbocycles. The van der Waals surface area contributed by atoms with E-state index in [0.717, 1.165) is 19.3 Å². The molecule has 1 aromatic rings. The van der Waals surface area contributed by atoms with Crippen LogP contribution >= 0.6 is 0 Å². The Morgan fingerprint density at radius 3 is 2.27 bits per heavy atom. The number of unbranched alkanes of at least 4 members (excludes halogenated alkanes) is 1. The fourth-order valence-corrected chi connectivity index (χ4v) is 2.08. The number of carbonyl (C=O) groups is 3. The molecule has 0 saturated heterocycles. The van der Waals surface area contributed by atoms with Crippen LogP contribution in [0.25, 0.3) is 0 Å². The van der Waals surface area contributed by atoms with Gasteiger partial charge in [0.05, 0.1) is 5.56 Å². The predicted octanol–water partition coefficient (Wildman–Crippen LogP) is 3.55. The lowest BCUT2D eigenvalue weighted by molar-refractivity contribution is -0.132. The minimum atomic E-state index is -0.532. The van der Waals surface area contributed by atoms with Gasteiger partial charge in [0.2, 0.25) is 0 Å². The van der Waals surface area contributed by atoms with Crippen molar-refractivity contribution >= 4 is 17.7 Å². The first kappa shape index (κ1) is 17.9. The smallest absolute Gasteiger partial charge is 0.308 e. The zero-order valence-corrected chi connectivity index (χ0v) is 13.5. The Balaban J connectivity index is 3.08. The molecule has 1 aromatic carbocycles. The maximum Gasteiger partial charge on any atom is 0.308 e. The van der Waals surface area contributed by atoms with E-state index >= 15 is 0 Å². The zero-order valence-electron chi connectivity index (χ0n) is 13.5. The molecule has 120 valence electrons. The summed E-state index contributed by atoms with van der Waals surface area (Å²) >= 11 is 0. The van der Waals surface area contributed by atoms with Crippen LogP contribution in [0.2, 0.25) is 0 Å². The van der Waals surface area contributed by atoms with Crippen molar-refractivity contribution < 1.29 is 23.9 Å². The molecule has 1 unspecified atom stereocenters. The van der Waals surface area contributed by atoms with Gasteiger partial charge in [0, 0.05) is 25.8 Å². The zero-order chi connectivity index (χ0) is 16.7. The molecular weight excluding hydrogens is 284 g/mol. The third kappa shape index (κ3) is 5.31. The second-order valence-corrected chi connectivity index (χ2v) is 5.25. The van der Waals surface area contributed by atoms with Gasteiger partial charge in [-0.25, -0.2) is 0 Å². The number of carbonyl (C=O) groups excluding carboxylic acids is 3. The van der Waals surface area contributed by atoms with Crippen LogP contribution in [-0.4, -0.2) is 17.7 Å². The number of hydrogen-bond donors (Lipinski definition) is 0. The third-order valence-corrected chi connectivity index (χ3v) is 3.17. The van der Waals surface area contributed by atoms with Gasteiger partial charge in [-0.3, -0.25) is 14.4 Å². The van der Waals surface area contributed by atoms with Gasteiger partial charge in [0.1, 0.15) is 11.5 Å².